The number of Topliss-reactive ketones (excluding diaryl/α,β-unsaturated/α-hetero) is 1. The first-order valence-corrected chi connectivity index (χ1v) is 11.5. The Kier molecular flexibility index (Phi) is 5.63. The summed E-state index contributed by atoms with van der Waals surface area (Å²) in [6.07, 6.45) is -1.55. The monoisotopic (exact) mass is 446 g/mol. The minimum Gasteiger partial charge on any atom is -0.297 e. The van der Waals surface area contributed by atoms with Gasteiger partial charge in [-0.15, -0.1) is 0 Å². The predicted molar refractivity (Wildman–Crippen MR) is 125 cm³/mol. The van der Waals surface area contributed by atoms with Gasteiger partial charge in [-0.2, -0.15) is 0 Å². The Bertz CT molecular complexity index is 1200. The molecule has 0 N–H and O–H groups in total. The lowest BCUT2D eigenvalue weighted by atomic mass is 9.82. The fourth-order valence-electron chi connectivity index (χ4n) is 5.48. The lowest BCUT2D eigenvalue weighted by Gasteiger charge is -2.46. The van der Waals surface area contributed by atoms with Crippen molar-refractivity contribution in [3.8, 4) is 0 Å². The van der Waals surface area contributed by atoms with Crippen LogP contribution in [0.1, 0.15) is 44.3 Å². The van der Waals surface area contributed by atoms with E-state index in [4.69, 9.17) is 0 Å². The van der Waals surface area contributed by atoms with Gasteiger partial charge in [0.05, 0.1) is 0 Å². The van der Waals surface area contributed by atoms with Crippen molar-refractivity contribution in [2.24, 2.45) is 0 Å². The maximum Gasteiger partial charge on any atom is 0.191 e. The number of nitrogens with zero attached hydrogens (tertiary/aromatic N) is 2. The second-order valence-corrected chi connectivity index (χ2v) is 9.25. The van der Waals surface area contributed by atoms with Gasteiger partial charge in [0.2, 0.25) is 0 Å². The van der Waals surface area contributed by atoms with Crippen LogP contribution in [0.2, 0.25) is 0 Å². The van der Waals surface area contributed by atoms with E-state index in [0.29, 0.717) is 42.9 Å². The van der Waals surface area contributed by atoms with Crippen LogP contribution in [0.5, 0.6) is 0 Å². The number of alkyl halides is 1. The number of piperazine rings is 1. The van der Waals surface area contributed by atoms with Crippen molar-refractivity contribution in [3.63, 3.8) is 0 Å². The minimum absolute atomic E-state index is 0.279. The molecular formula is C28H28F2N2O. The molecule has 3 aromatic rings. The summed E-state index contributed by atoms with van der Waals surface area (Å²) in [7, 11) is 0. The van der Waals surface area contributed by atoms with Gasteiger partial charge in [-0.1, -0.05) is 60.2 Å². The Labute approximate surface area is 193 Å². The van der Waals surface area contributed by atoms with Gasteiger partial charge >= 0.3 is 0 Å². The molecule has 2 atom stereocenters. The number of hydrogen-bond acceptors (Lipinski definition) is 3. The van der Waals surface area contributed by atoms with Crippen LogP contribution in [0.4, 0.5) is 8.78 Å². The topological polar surface area (TPSA) is 23.6 Å². The number of benzene rings is 3. The van der Waals surface area contributed by atoms with E-state index in [1.807, 2.05) is 4.90 Å². The molecular weight excluding hydrogens is 418 g/mol. The van der Waals surface area contributed by atoms with Gasteiger partial charge in [0.1, 0.15) is 11.4 Å². The average molecular weight is 447 g/mol. The maximum atomic E-state index is 16.2. The number of rotatable bonds is 4. The van der Waals surface area contributed by atoms with E-state index < -0.39 is 17.5 Å². The van der Waals surface area contributed by atoms with E-state index in [-0.39, 0.29) is 5.78 Å². The highest BCUT2D eigenvalue weighted by Gasteiger charge is 2.59. The third-order valence-electron chi connectivity index (χ3n) is 7.22. The van der Waals surface area contributed by atoms with E-state index in [1.165, 1.54) is 28.8 Å². The number of carbonyl (C=O) groups is 1. The number of hydrogen-bond donors (Lipinski definition) is 0. The second-order valence-electron chi connectivity index (χ2n) is 9.25. The third kappa shape index (κ3) is 3.60. The standard InChI is InChI=1S/C28H28F2N2O/c1-19-10-11-21(20(2)16-19)18-31-12-14-32(15-13-31)28(22-6-5-7-23(29)17-22)26(30)24-8-3-4-9-25(24)27(28)33/h3-11,16-17,26H,12-15,18H2,1-2H3. The van der Waals surface area contributed by atoms with Gasteiger partial charge in [0.25, 0.3) is 0 Å². The number of ketones is 1. The molecule has 2 unspecified atom stereocenters. The molecule has 1 aliphatic heterocycles. The molecule has 1 aliphatic carbocycles. The highest BCUT2D eigenvalue weighted by Crippen LogP contribution is 2.52. The van der Waals surface area contributed by atoms with Crippen molar-refractivity contribution < 1.29 is 13.6 Å². The normalized spacial score (nSPS) is 23.6. The Hall–Kier alpha value is -2.89. The first-order chi connectivity index (χ1) is 15.9. The highest BCUT2D eigenvalue weighted by molar-refractivity contribution is 6.09. The first-order valence-electron chi connectivity index (χ1n) is 11.5. The minimum atomic E-state index is -1.55. The summed E-state index contributed by atoms with van der Waals surface area (Å²) in [5, 5.41) is 0. The zero-order chi connectivity index (χ0) is 23.2. The summed E-state index contributed by atoms with van der Waals surface area (Å²) < 4.78 is 30.5. The van der Waals surface area contributed by atoms with Crippen LogP contribution in [0, 0.1) is 19.7 Å². The number of halogens is 2. The fraction of sp³-hybridized carbons (Fsp3) is 0.321. The lowest BCUT2D eigenvalue weighted by Crippen LogP contribution is -2.58. The molecule has 0 saturated carbocycles. The van der Waals surface area contributed by atoms with Gasteiger partial charge in [0.15, 0.2) is 12.0 Å². The van der Waals surface area contributed by atoms with Crippen molar-refractivity contribution in [1.82, 2.24) is 9.80 Å². The van der Waals surface area contributed by atoms with E-state index >= 15 is 4.39 Å². The fourth-order valence-corrected chi connectivity index (χ4v) is 5.48. The van der Waals surface area contributed by atoms with E-state index in [1.54, 1.807) is 36.4 Å². The quantitative estimate of drug-likeness (QED) is 0.539. The molecule has 0 spiro atoms. The lowest BCUT2D eigenvalue weighted by molar-refractivity contribution is -0.00706. The molecule has 0 radical (unpaired) electrons. The van der Waals surface area contributed by atoms with Gasteiger partial charge in [-0.05, 0) is 48.2 Å². The van der Waals surface area contributed by atoms with Gasteiger partial charge < -0.3 is 0 Å². The van der Waals surface area contributed by atoms with Crippen LogP contribution in [0.3, 0.4) is 0 Å². The van der Waals surface area contributed by atoms with Crippen LogP contribution in [-0.4, -0.2) is 41.8 Å². The Morgan fingerprint density at radius 1 is 0.939 bits per heavy atom. The molecule has 2 aliphatic rings. The van der Waals surface area contributed by atoms with Gasteiger partial charge in [-0.25, -0.2) is 8.78 Å². The molecule has 5 rings (SSSR count). The number of carbonyl (C=O) groups excluding carboxylic acids is 1. The van der Waals surface area contributed by atoms with E-state index in [9.17, 15) is 9.18 Å². The van der Waals surface area contributed by atoms with Crippen molar-refractivity contribution in [2.45, 2.75) is 32.1 Å². The van der Waals surface area contributed by atoms with Crippen LogP contribution in [-0.2, 0) is 12.1 Å². The average Bonchev–Trinajstić information content (AvgIpc) is 3.04. The van der Waals surface area contributed by atoms with Crippen LogP contribution in [0.25, 0.3) is 0 Å². The molecule has 1 fully saturated rings. The summed E-state index contributed by atoms with van der Waals surface area (Å²) >= 11 is 0. The van der Waals surface area contributed by atoms with E-state index in [0.717, 1.165) is 6.54 Å². The Morgan fingerprint density at radius 2 is 1.70 bits per heavy atom. The first kappa shape index (κ1) is 21.9. The molecule has 0 bridgehead atoms. The zero-order valence-electron chi connectivity index (χ0n) is 19.0. The van der Waals surface area contributed by atoms with Crippen molar-refractivity contribution in [1.29, 1.82) is 0 Å². The zero-order valence-corrected chi connectivity index (χ0v) is 19.0. The molecule has 0 aromatic heterocycles. The molecule has 3 nitrogen and oxygen atoms in total. The third-order valence-corrected chi connectivity index (χ3v) is 7.22. The summed E-state index contributed by atoms with van der Waals surface area (Å²) in [5.74, 6) is -0.740. The molecule has 1 saturated heterocycles. The Balaban J connectivity index is 1.45. The molecule has 1 heterocycles. The largest absolute Gasteiger partial charge is 0.297 e. The summed E-state index contributed by atoms with van der Waals surface area (Å²) in [6.45, 7) is 7.51. The van der Waals surface area contributed by atoms with Crippen LogP contribution in [0.15, 0.2) is 66.7 Å². The van der Waals surface area contributed by atoms with Gasteiger partial charge in [0, 0.05) is 38.3 Å². The predicted octanol–water partition coefficient (Wildman–Crippen LogP) is 5.36. The van der Waals surface area contributed by atoms with E-state index in [2.05, 4.69) is 36.9 Å². The highest BCUT2D eigenvalue weighted by atomic mass is 19.1. The van der Waals surface area contributed by atoms with Crippen molar-refractivity contribution >= 4 is 5.78 Å². The molecule has 0 amide bonds. The number of aryl methyl sites for hydroxylation is 2. The summed E-state index contributed by atoms with van der Waals surface area (Å²) in [5.41, 5.74) is 3.43. The molecule has 3 aromatic carbocycles. The summed E-state index contributed by atoms with van der Waals surface area (Å²) in [6, 6.07) is 19.2. The SMILES string of the molecule is Cc1ccc(CN2CCN(C3(c4cccc(F)c4)C(=O)c4ccccc4C3F)CC2)c(C)c1. The van der Waals surface area contributed by atoms with Crippen molar-refractivity contribution in [2.75, 3.05) is 26.2 Å². The summed E-state index contributed by atoms with van der Waals surface area (Å²) in [4.78, 5) is 18.0. The second kappa shape index (κ2) is 8.47. The number of fused-ring (bicyclic) bond motifs is 1. The molecule has 33 heavy (non-hydrogen) atoms. The van der Waals surface area contributed by atoms with Crippen molar-refractivity contribution in [3.05, 3.63) is 106 Å². The maximum absolute atomic E-state index is 16.2. The molecule has 170 valence electrons. The Morgan fingerprint density at radius 3 is 2.39 bits per heavy atom. The van der Waals surface area contributed by atoms with Crippen LogP contribution < -0.4 is 0 Å². The van der Waals surface area contributed by atoms with Crippen LogP contribution >= 0.6 is 0 Å². The molecule has 5 heteroatoms. The smallest absolute Gasteiger partial charge is 0.191 e. The van der Waals surface area contributed by atoms with Gasteiger partial charge in [-0.3, -0.25) is 14.6 Å².